The Morgan fingerprint density at radius 2 is 2.54 bits per heavy atom. The van der Waals surface area contributed by atoms with Crippen molar-refractivity contribution in [3.05, 3.63) is 12.3 Å². The van der Waals surface area contributed by atoms with Gasteiger partial charge >= 0.3 is 5.97 Å². The number of esters is 1. The van der Waals surface area contributed by atoms with E-state index in [4.69, 9.17) is 10.5 Å². The van der Waals surface area contributed by atoms with Crippen LogP contribution in [0.3, 0.4) is 0 Å². The predicted molar refractivity (Wildman–Crippen MR) is 47.9 cm³/mol. The fraction of sp³-hybridized carbons (Fsp3) is 0.500. The summed E-state index contributed by atoms with van der Waals surface area (Å²) in [7, 11) is 0. The van der Waals surface area contributed by atoms with Gasteiger partial charge < -0.3 is 10.5 Å². The molecule has 0 aromatic carbocycles. The number of carbonyl (C=O) groups excluding carboxylic acids is 1. The number of rotatable bonds is 4. The lowest BCUT2D eigenvalue weighted by Gasteiger charge is -2.01. The minimum atomic E-state index is -0.212. The molecule has 0 bridgehead atoms. The second kappa shape index (κ2) is 4.49. The first kappa shape index (κ1) is 9.57. The van der Waals surface area contributed by atoms with Gasteiger partial charge in [0.1, 0.15) is 5.82 Å². The second-order valence-corrected chi connectivity index (χ2v) is 2.56. The largest absolute Gasteiger partial charge is 0.466 e. The van der Waals surface area contributed by atoms with Crippen LogP contribution < -0.4 is 5.73 Å². The smallest absolute Gasteiger partial charge is 0.307 e. The summed E-state index contributed by atoms with van der Waals surface area (Å²) in [5.41, 5.74) is 5.40. The van der Waals surface area contributed by atoms with Crippen molar-refractivity contribution >= 4 is 11.8 Å². The number of anilines is 1. The third-order valence-electron chi connectivity index (χ3n) is 1.51. The number of nitrogens with two attached hydrogens (primary N) is 1. The van der Waals surface area contributed by atoms with Crippen LogP contribution in [0.25, 0.3) is 0 Å². The van der Waals surface area contributed by atoms with Gasteiger partial charge in [-0.3, -0.25) is 9.48 Å². The minimum Gasteiger partial charge on any atom is -0.466 e. The van der Waals surface area contributed by atoms with Crippen molar-refractivity contribution in [2.75, 3.05) is 12.3 Å². The Bertz CT molecular complexity index is 283. The Morgan fingerprint density at radius 1 is 1.77 bits per heavy atom. The summed E-state index contributed by atoms with van der Waals surface area (Å²) in [6, 6.07) is 1.69. The van der Waals surface area contributed by atoms with Gasteiger partial charge in [-0.05, 0) is 13.0 Å². The number of nitrogen functional groups attached to an aromatic ring is 1. The molecule has 0 radical (unpaired) electrons. The van der Waals surface area contributed by atoms with E-state index in [1.54, 1.807) is 23.9 Å². The van der Waals surface area contributed by atoms with Crippen LogP contribution in [0.1, 0.15) is 13.3 Å². The lowest BCUT2D eigenvalue weighted by atomic mass is 10.4. The van der Waals surface area contributed by atoms with Crippen molar-refractivity contribution in [1.29, 1.82) is 0 Å². The number of aryl methyl sites for hydroxylation is 1. The molecule has 1 heterocycles. The fourth-order valence-corrected chi connectivity index (χ4v) is 0.941. The molecule has 0 atom stereocenters. The van der Waals surface area contributed by atoms with Gasteiger partial charge in [0.15, 0.2) is 0 Å². The summed E-state index contributed by atoms with van der Waals surface area (Å²) in [5, 5.41) is 3.93. The molecule has 5 heteroatoms. The molecule has 13 heavy (non-hydrogen) atoms. The summed E-state index contributed by atoms with van der Waals surface area (Å²) in [6.07, 6.45) is 2.06. The molecule has 0 saturated carbocycles. The highest BCUT2D eigenvalue weighted by Gasteiger charge is 2.02. The summed E-state index contributed by atoms with van der Waals surface area (Å²) in [4.78, 5) is 10.9. The van der Waals surface area contributed by atoms with Crippen LogP contribution in [0, 0.1) is 0 Å². The van der Waals surface area contributed by atoms with Gasteiger partial charge in [0, 0.05) is 6.20 Å². The van der Waals surface area contributed by atoms with E-state index in [1.165, 1.54) is 0 Å². The molecular weight excluding hydrogens is 170 g/mol. The van der Waals surface area contributed by atoms with Crippen molar-refractivity contribution in [2.24, 2.45) is 0 Å². The average Bonchev–Trinajstić information content (AvgIpc) is 2.49. The first-order valence-corrected chi connectivity index (χ1v) is 4.17. The average molecular weight is 183 g/mol. The maximum Gasteiger partial charge on any atom is 0.307 e. The SMILES string of the molecule is CCOC(=O)CCn1ccc(N)n1. The summed E-state index contributed by atoms with van der Waals surface area (Å²) >= 11 is 0. The van der Waals surface area contributed by atoms with Crippen molar-refractivity contribution in [2.45, 2.75) is 19.9 Å². The molecule has 0 aliphatic carbocycles. The van der Waals surface area contributed by atoms with Crippen LogP contribution in [0.5, 0.6) is 0 Å². The quantitative estimate of drug-likeness (QED) is 0.687. The Morgan fingerprint density at radius 3 is 3.08 bits per heavy atom. The second-order valence-electron chi connectivity index (χ2n) is 2.56. The molecule has 0 saturated heterocycles. The third-order valence-corrected chi connectivity index (χ3v) is 1.51. The molecular formula is C8H13N3O2. The zero-order chi connectivity index (χ0) is 9.68. The predicted octanol–water partition coefficient (Wildman–Crippen LogP) is 0.418. The molecule has 2 N–H and O–H groups in total. The topological polar surface area (TPSA) is 70.1 Å². The van der Waals surface area contributed by atoms with Crippen molar-refractivity contribution < 1.29 is 9.53 Å². The van der Waals surface area contributed by atoms with Crippen LogP contribution in [-0.4, -0.2) is 22.4 Å². The summed E-state index contributed by atoms with van der Waals surface area (Å²) < 4.78 is 6.38. The molecule has 5 nitrogen and oxygen atoms in total. The molecule has 0 unspecified atom stereocenters. The Balaban J connectivity index is 2.30. The lowest BCUT2D eigenvalue weighted by molar-refractivity contribution is -0.143. The monoisotopic (exact) mass is 183 g/mol. The number of nitrogens with zero attached hydrogens (tertiary/aromatic N) is 2. The zero-order valence-corrected chi connectivity index (χ0v) is 7.56. The van der Waals surface area contributed by atoms with E-state index in [9.17, 15) is 4.79 Å². The van der Waals surface area contributed by atoms with E-state index in [0.717, 1.165) is 0 Å². The van der Waals surface area contributed by atoms with Crippen molar-refractivity contribution in [3.63, 3.8) is 0 Å². The van der Waals surface area contributed by atoms with Crippen LogP contribution in [0.2, 0.25) is 0 Å². The van der Waals surface area contributed by atoms with E-state index in [2.05, 4.69) is 5.10 Å². The number of carbonyl (C=O) groups is 1. The summed E-state index contributed by atoms with van der Waals surface area (Å²) in [5.74, 6) is 0.250. The van der Waals surface area contributed by atoms with Gasteiger partial charge in [-0.2, -0.15) is 5.10 Å². The first-order chi connectivity index (χ1) is 6.22. The van der Waals surface area contributed by atoms with Crippen LogP contribution in [0.15, 0.2) is 12.3 Å². The van der Waals surface area contributed by atoms with E-state index in [0.29, 0.717) is 25.4 Å². The van der Waals surface area contributed by atoms with E-state index in [1.807, 2.05) is 0 Å². The van der Waals surface area contributed by atoms with Gasteiger partial charge in [-0.1, -0.05) is 0 Å². The first-order valence-electron chi connectivity index (χ1n) is 4.17. The normalized spacial score (nSPS) is 9.92. The zero-order valence-electron chi connectivity index (χ0n) is 7.56. The van der Waals surface area contributed by atoms with Gasteiger partial charge in [-0.15, -0.1) is 0 Å². The molecule has 1 rings (SSSR count). The van der Waals surface area contributed by atoms with Crippen LogP contribution in [-0.2, 0) is 16.1 Å². The third kappa shape index (κ3) is 3.14. The number of hydrogen-bond donors (Lipinski definition) is 1. The molecule has 1 aromatic rings. The van der Waals surface area contributed by atoms with Crippen LogP contribution in [0.4, 0.5) is 5.82 Å². The van der Waals surface area contributed by atoms with Gasteiger partial charge in [-0.25, -0.2) is 0 Å². The fourth-order valence-electron chi connectivity index (χ4n) is 0.941. The molecule has 0 fully saturated rings. The Hall–Kier alpha value is -1.52. The maximum absolute atomic E-state index is 10.9. The lowest BCUT2D eigenvalue weighted by Crippen LogP contribution is -2.09. The van der Waals surface area contributed by atoms with Crippen molar-refractivity contribution in [1.82, 2.24) is 9.78 Å². The molecule has 0 spiro atoms. The Labute approximate surface area is 76.5 Å². The van der Waals surface area contributed by atoms with Gasteiger partial charge in [0.2, 0.25) is 0 Å². The van der Waals surface area contributed by atoms with E-state index in [-0.39, 0.29) is 5.97 Å². The Kier molecular flexibility index (Phi) is 3.31. The highest BCUT2D eigenvalue weighted by Crippen LogP contribution is 1.97. The minimum absolute atomic E-state index is 0.212. The molecule has 72 valence electrons. The summed E-state index contributed by atoms with van der Waals surface area (Å²) in [6.45, 7) is 2.71. The van der Waals surface area contributed by atoms with Crippen LogP contribution >= 0.6 is 0 Å². The highest BCUT2D eigenvalue weighted by atomic mass is 16.5. The van der Waals surface area contributed by atoms with Gasteiger partial charge in [0.05, 0.1) is 19.6 Å². The maximum atomic E-state index is 10.9. The number of hydrogen-bond acceptors (Lipinski definition) is 4. The van der Waals surface area contributed by atoms with Gasteiger partial charge in [0.25, 0.3) is 0 Å². The standard InChI is InChI=1S/C8H13N3O2/c1-2-13-8(12)4-6-11-5-3-7(9)10-11/h3,5H,2,4,6H2,1H3,(H2,9,10). The molecule has 0 amide bonds. The van der Waals surface area contributed by atoms with Crippen molar-refractivity contribution in [3.8, 4) is 0 Å². The molecule has 0 aliphatic heterocycles. The molecule has 0 aliphatic rings. The van der Waals surface area contributed by atoms with E-state index >= 15 is 0 Å². The number of ether oxygens (including phenoxy) is 1. The van der Waals surface area contributed by atoms with E-state index < -0.39 is 0 Å². The molecule has 1 aromatic heterocycles. The highest BCUT2D eigenvalue weighted by molar-refractivity contribution is 5.69. The number of aromatic nitrogens is 2.